The Hall–Kier alpha value is -2.33. The zero-order chi connectivity index (χ0) is 18.9. The molecule has 10 heteroatoms. The summed E-state index contributed by atoms with van der Waals surface area (Å²) in [7, 11) is 0. The van der Waals surface area contributed by atoms with Gasteiger partial charge in [-0.2, -0.15) is 0 Å². The largest absolute Gasteiger partial charge is 0.348 e. The molecule has 0 radical (unpaired) electrons. The first kappa shape index (κ1) is 20.0. The van der Waals surface area contributed by atoms with Gasteiger partial charge in [-0.25, -0.2) is 10.3 Å². The van der Waals surface area contributed by atoms with Gasteiger partial charge in [-0.1, -0.05) is 29.8 Å². The Kier molecular flexibility index (Phi) is 7.67. The van der Waals surface area contributed by atoms with E-state index < -0.39 is 0 Å². The van der Waals surface area contributed by atoms with Gasteiger partial charge in [-0.3, -0.25) is 10.2 Å². The lowest BCUT2D eigenvalue weighted by Crippen LogP contribution is -2.45. The summed E-state index contributed by atoms with van der Waals surface area (Å²) >= 11 is 3.35. The monoisotopic (exact) mass is 425 g/mol. The molecule has 0 aliphatic carbocycles. The topological polar surface area (TPSA) is 119 Å². The lowest BCUT2D eigenvalue weighted by molar-refractivity contribution is -0.125. The fourth-order valence-electron chi connectivity index (χ4n) is 2.40. The first-order chi connectivity index (χ1) is 12.4. The standard InChI is InChI=1S/C16H24BrN7O2/c1-10(2)7-11(15(25)18-9-14-21-23-24-22-14)8-19-16(26)20-13-5-3-12(17)4-6-13/h3-6,10-11,23-24H,7-9H2,1-2H3,(H,18,25)(H,21,22)(H2,19,20,26). The number of carbonyl (C=O) groups is 2. The highest BCUT2D eigenvalue weighted by atomic mass is 79.9. The van der Waals surface area contributed by atoms with Crippen LogP contribution in [0.15, 0.2) is 33.8 Å². The van der Waals surface area contributed by atoms with E-state index in [4.69, 9.17) is 0 Å². The van der Waals surface area contributed by atoms with Crippen LogP contribution in [0.25, 0.3) is 0 Å². The number of amidine groups is 1. The number of rotatable bonds is 8. The molecule has 1 aliphatic rings. The molecule has 0 bridgehead atoms. The van der Waals surface area contributed by atoms with Gasteiger partial charge >= 0.3 is 6.03 Å². The number of hydrazine groups is 2. The van der Waals surface area contributed by atoms with Crippen molar-refractivity contribution < 1.29 is 9.59 Å². The predicted octanol–water partition coefficient (Wildman–Crippen LogP) is 1.27. The SMILES string of the molecule is CC(C)CC(CNC(=O)Nc1ccc(Br)cc1)C(=O)NCC1=NNNN1. The molecule has 2 rings (SSSR count). The van der Waals surface area contributed by atoms with Gasteiger partial charge in [-0.15, -0.1) is 10.6 Å². The predicted molar refractivity (Wildman–Crippen MR) is 104 cm³/mol. The lowest BCUT2D eigenvalue weighted by atomic mass is 9.96. The molecule has 1 atom stereocenters. The number of amides is 3. The number of halogens is 1. The van der Waals surface area contributed by atoms with Crippen LogP contribution in [0.3, 0.4) is 0 Å². The van der Waals surface area contributed by atoms with Gasteiger partial charge in [0.15, 0.2) is 5.84 Å². The number of hydrazone groups is 1. The van der Waals surface area contributed by atoms with Crippen LogP contribution in [0, 0.1) is 11.8 Å². The Morgan fingerprint density at radius 3 is 2.54 bits per heavy atom. The van der Waals surface area contributed by atoms with Crippen molar-refractivity contribution in [2.45, 2.75) is 20.3 Å². The van der Waals surface area contributed by atoms with E-state index in [1.807, 2.05) is 26.0 Å². The summed E-state index contributed by atoms with van der Waals surface area (Å²) in [6.45, 7) is 4.61. The third-order valence-electron chi connectivity index (χ3n) is 3.62. The maximum Gasteiger partial charge on any atom is 0.319 e. The summed E-state index contributed by atoms with van der Waals surface area (Å²) in [6.07, 6.45) is 0.667. The molecule has 1 heterocycles. The quantitative estimate of drug-likeness (QED) is 0.374. The van der Waals surface area contributed by atoms with Crippen molar-refractivity contribution in [2.75, 3.05) is 18.4 Å². The summed E-state index contributed by atoms with van der Waals surface area (Å²) in [6, 6.07) is 6.92. The molecule has 0 spiro atoms. The maximum atomic E-state index is 12.4. The van der Waals surface area contributed by atoms with Crippen LogP contribution < -0.4 is 32.4 Å². The van der Waals surface area contributed by atoms with E-state index in [1.54, 1.807) is 12.1 Å². The molecule has 1 unspecified atom stereocenters. The van der Waals surface area contributed by atoms with E-state index in [0.29, 0.717) is 23.9 Å². The molecular formula is C16H24BrN7O2. The number of hydrogen-bond donors (Lipinski definition) is 6. The second kappa shape index (κ2) is 9.97. The minimum Gasteiger partial charge on any atom is -0.348 e. The smallest absolute Gasteiger partial charge is 0.319 e. The van der Waals surface area contributed by atoms with E-state index in [9.17, 15) is 9.59 Å². The Morgan fingerprint density at radius 1 is 1.19 bits per heavy atom. The van der Waals surface area contributed by atoms with E-state index >= 15 is 0 Å². The summed E-state index contributed by atoms with van der Waals surface area (Å²) in [5, 5.41) is 12.2. The van der Waals surface area contributed by atoms with Crippen molar-refractivity contribution in [1.29, 1.82) is 0 Å². The van der Waals surface area contributed by atoms with Crippen molar-refractivity contribution >= 4 is 39.4 Å². The highest BCUT2D eigenvalue weighted by molar-refractivity contribution is 9.10. The molecule has 0 aromatic heterocycles. The van der Waals surface area contributed by atoms with Crippen LogP contribution in [-0.4, -0.2) is 30.9 Å². The Morgan fingerprint density at radius 2 is 1.92 bits per heavy atom. The number of carbonyl (C=O) groups excluding carboxylic acids is 2. The van der Waals surface area contributed by atoms with Crippen LogP contribution in [0.2, 0.25) is 0 Å². The van der Waals surface area contributed by atoms with Gasteiger partial charge in [0.05, 0.1) is 12.5 Å². The molecule has 6 N–H and O–H groups in total. The zero-order valence-electron chi connectivity index (χ0n) is 14.7. The van der Waals surface area contributed by atoms with Gasteiger partial charge in [0, 0.05) is 16.7 Å². The Labute approximate surface area is 160 Å². The summed E-state index contributed by atoms with van der Waals surface area (Å²) < 4.78 is 0.934. The number of nitrogens with one attached hydrogen (secondary N) is 6. The van der Waals surface area contributed by atoms with Crippen molar-refractivity contribution in [2.24, 2.45) is 16.9 Å². The molecular weight excluding hydrogens is 402 g/mol. The molecule has 142 valence electrons. The van der Waals surface area contributed by atoms with E-state index in [2.05, 4.69) is 53.5 Å². The second-order valence-electron chi connectivity index (χ2n) is 6.31. The fourth-order valence-corrected chi connectivity index (χ4v) is 2.66. The van der Waals surface area contributed by atoms with Crippen LogP contribution >= 0.6 is 15.9 Å². The Bertz CT molecular complexity index is 649. The number of nitrogens with zero attached hydrogens (tertiary/aromatic N) is 1. The summed E-state index contributed by atoms with van der Waals surface area (Å²) in [5.41, 5.74) is 8.58. The van der Waals surface area contributed by atoms with Crippen molar-refractivity contribution in [3.05, 3.63) is 28.7 Å². The third-order valence-corrected chi connectivity index (χ3v) is 4.15. The average Bonchev–Trinajstić information content (AvgIpc) is 3.11. The molecule has 0 saturated carbocycles. The lowest BCUT2D eigenvalue weighted by Gasteiger charge is -2.19. The fraction of sp³-hybridized carbons (Fsp3) is 0.438. The molecule has 3 amide bonds. The van der Waals surface area contributed by atoms with Gasteiger partial charge < -0.3 is 16.0 Å². The minimum absolute atomic E-state index is 0.126. The van der Waals surface area contributed by atoms with E-state index in [1.165, 1.54) is 0 Å². The molecule has 1 aromatic rings. The van der Waals surface area contributed by atoms with E-state index in [0.717, 1.165) is 4.47 Å². The third kappa shape index (κ3) is 6.89. The molecule has 1 aromatic carbocycles. The van der Waals surface area contributed by atoms with Gasteiger partial charge in [-0.05, 0) is 36.6 Å². The maximum absolute atomic E-state index is 12.4. The molecule has 0 saturated heterocycles. The van der Waals surface area contributed by atoms with Crippen molar-refractivity contribution in [1.82, 2.24) is 27.1 Å². The highest BCUT2D eigenvalue weighted by Crippen LogP contribution is 2.14. The molecule has 0 fully saturated rings. The normalized spacial score (nSPS) is 14.1. The van der Waals surface area contributed by atoms with Crippen LogP contribution in [0.5, 0.6) is 0 Å². The number of anilines is 1. The Balaban J connectivity index is 1.82. The number of urea groups is 1. The molecule has 26 heavy (non-hydrogen) atoms. The van der Waals surface area contributed by atoms with Crippen LogP contribution in [0.4, 0.5) is 10.5 Å². The number of benzene rings is 1. The highest BCUT2D eigenvalue weighted by Gasteiger charge is 2.21. The second-order valence-corrected chi connectivity index (χ2v) is 7.22. The number of hydrogen-bond acceptors (Lipinski definition) is 6. The van der Waals surface area contributed by atoms with Crippen LogP contribution in [-0.2, 0) is 4.79 Å². The molecule has 9 nitrogen and oxygen atoms in total. The van der Waals surface area contributed by atoms with Crippen molar-refractivity contribution in [3.63, 3.8) is 0 Å². The van der Waals surface area contributed by atoms with Gasteiger partial charge in [0.1, 0.15) is 0 Å². The van der Waals surface area contributed by atoms with Crippen LogP contribution in [0.1, 0.15) is 20.3 Å². The average molecular weight is 426 g/mol. The van der Waals surface area contributed by atoms with Crippen molar-refractivity contribution in [3.8, 4) is 0 Å². The van der Waals surface area contributed by atoms with E-state index in [-0.39, 0.29) is 30.9 Å². The van der Waals surface area contributed by atoms with Gasteiger partial charge in [0.25, 0.3) is 0 Å². The first-order valence-corrected chi connectivity index (χ1v) is 9.14. The minimum atomic E-state index is -0.343. The molecule has 1 aliphatic heterocycles. The summed E-state index contributed by atoms with van der Waals surface area (Å²) in [4.78, 5) is 24.5. The zero-order valence-corrected chi connectivity index (χ0v) is 16.3. The summed E-state index contributed by atoms with van der Waals surface area (Å²) in [5.74, 6) is 0.461. The first-order valence-electron chi connectivity index (χ1n) is 8.34. The van der Waals surface area contributed by atoms with Gasteiger partial charge in [0.2, 0.25) is 5.91 Å².